The first kappa shape index (κ1) is 14.1. The molecule has 0 bridgehead atoms. The van der Waals surface area contributed by atoms with Crippen molar-refractivity contribution in [2.75, 3.05) is 30.8 Å². The van der Waals surface area contributed by atoms with Crippen molar-refractivity contribution < 1.29 is 13.2 Å². The lowest BCUT2D eigenvalue weighted by atomic mass is 10.1. The van der Waals surface area contributed by atoms with Crippen molar-refractivity contribution in [3.05, 3.63) is 0 Å². The molecule has 3 rings (SSSR count). The number of sulfone groups is 1. The van der Waals surface area contributed by atoms with Crippen LogP contribution in [0.5, 0.6) is 0 Å². The summed E-state index contributed by atoms with van der Waals surface area (Å²) in [5.41, 5.74) is 5.82. The molecule has 1 aliphatic heterocycles. The van der Waals surface area contributed by atoms with Crippen LogP contribution < -0.4 is 10.6 Å². The first-order valence-corrected chi connectivity index (χ1v) is 9.12. The summed E-state index contributed by atoms with van der Waals surface area (Å²) in [6.07, 6.45) is 3.54. The summed E-state index contributed by atoms with van der Waals surface area (Å²) in [6, 6.07) is 0. The van der Waals surface area contributed by atoms with Crippen LogP contribution in [0.3, 0.4) is 0 Å². The molecule has 1 saturated carbocycles. The fraction of sp³-hybridized carbons (Fsp3) is 0.750. The summed E-state index contributed by atoms with van der Waals surface area (Å²) in [5.74, 6) is 0.158. The Hall–Kier alpha value is -0.860. The molecule has 6 nitrogen and oxygen atoms in total. The van der Waals surface area contributed by atoms with Gasteiger partial charge in [-0.1, -0.05) is 0 Å². The summed E-state index contributed by atoms with van der Waals surface area (Å²) >= 11 is 1.19. The molecule has 0 amide bonds. The van der Waals surface area contributed by atoms with Crippen molar-refractivity contribution in [1.29, 1.82) is 0 Å². The number of nitrogens with zero attached hydrogens (tertiary/aromatic N) is 2. The van der Waals surface area contributed by atoms with Gasteiger partial charge in [-0.2, -0.15) is 4.37 Å². The van der Waals surface area contributed by atoms with Gasteiger partial charge in [0.15, 0.2) is 15.7 Å². The van der Waals surface area contributed by atoms with Crippen LogP contribution >= 0.6 is 11.5 Å². The van der Waals surface area contributed by atoms with Gasteiger partial charge in [-0.05, 0) is 37.2 Å². The smallest absolute Gasteiger partial charge is 0.187 e. The molecule has 0 atom stereocenters. The minimum Gasteiger partial charge on any atom is -0.382 e. The average Bonchev–Trinajstić information content (AvgIpc) is 3.23. The first-order chi connectivity index (χ1) is 9.54. The van der Waals surface area contributed by atoms with Gasteiger partial charge in [0.05, 0.1) is 11.4 Å². The quantitative estimate of drug-likeness (QED) is 0.900. The number of nitrogens with two attached hydrogens (primary N) is 1. The lowest BCUT2D eigenvalue weighted by Gasteiger charge is -2.32. The third kappa shape index (κ3) is 2.40. The number of methoxy groups -OCH3 is 1. The van der Waals surface area contributed by atoms with Crippen LogP contribution in [-0.4, -0.2) is 44.3 Å². The van der Waals surface area contributed by atoms with Gasteiger partial charge in [-0.3, -0.25) is 0 Å². The molecular formula is C12H19N3O3S2. The largest absolute Gasteiger partial charge is 0.382 e. The van der Waals surface area contributed by atoms with Gasteiger partial charge in [0.1, 0.15) is 9.90 Å². The van der Waals surface area contributed by atoms with Crippen molar-refractivity contribution in [2.24, 2.45) is 0 Å². The Morgan fingerprint density at radius 3 is 2.50 bits per heavy atom. The molecule has 0 unspecified atom stereocenters. The maximum atomic E-state index is 12.5. The Kier molecular flexibility index (Phi) is 3.64. The van der Waals surface area contributed by atoms with Gasteiger partial charge in [0, 0.05) is 20.2 Å². The van der Waals surface area contributed by atoms with E-state index in [0.29, 0.717) is 5.00 Å². The highest BCUT2D eigenvalue weighted by Gasteiger charge is 2.41. The number of anilines is 2. The first-order valence-electron chi connectivity index (χ1n) is 6.81. The molecule has 0 aromatic carbocycles. The van der Waals surface area contributed by atoms with E-state index >= 15 is 0 Å². The maximum Gasteiger partial charge on any atom is 0.187 e. The van der Waals surface area contributed by atoms with E-state index in [1.54, 1.807) is 7.11 Å². The molecule has 1 aliphatic carbocycles. The minimum atomic E-state index is -3.30. The normalized spacial score (nSPS) is 21.4. The van der Waals surface area contributed by atoms with Gasteiger partial charge < -0.3 is 15.4 Å². The van der Waals surface area contributed by atoms with Crippen LogP contribution in [0.1, 0.15) is 25.7 Å². The van der Waals surface area contributed by atoms with Crippen molar-refractivity contribution in [1.82, 2.24) is 4.37 Å². The topological polar surface area (TPSA) is 85.5 Å². The number of rotatable bonds is 4. The molecule has 0 spiro atoms. The van der Waals surface area contributed by atoms with E-state index in [1.807, 2.05) is 0 Å². The van der Waals surface area contributed by atoms with E-state index < -0.39 is 9.84 Å². The third-order valence-electron chi connectivity index (χ3n) is 3.97. The summed E-state index contributed by atoms with van der Waals surface area (Å²) in [6.45, 7) is 1.57. The Labute approximate surface area is 123 Å². The Bertz CT molecular complexity index is 587. The second-order valence-electron chi connectivity index (χ2n) is 5.37. The van der Waals surface area contributed by atoms with Crippen molar-refractivity contribution in [3.63, 3.8) is 0 Å². The van der Waals surface area contributed by atoms with E-state index in [-0.39, 0.29) is 22.1 Å². The molecule has 2 N–H and O–H groups in total. The van der Waals surface area contributed by atoms with Gasteiger partial charge in [-0.25, -0.2) is 8.42 Å². The summed E-state index contributed by atoms with van der Waals surface area (Å²) in [4.78, 5) is 2.35. The van der Waals surface area contributed by atoms with Gasteiger partial charge in [-0.15, -0.1) is 0 Å². The van der Waals surface area contributed by atoms with Crippen molar-refractivity contribution >= 4 is 32.2 Å². The van der Waals surface area contributed by atoms with Crippen LogP contribution in [-0.2, 0) is 14.6 Å². The SMILES string of the molecule is COC1CCN(c2snc(N)c2S(=O)(=O)C2CC2)CC1. The second kappa shape index (κ2) is 5.16. The van der Waals surface area contributed by atoms with Crippen LogP contribution in [0, 0.1) is 0 Å². The van der Waals surface area contributed by atoms with Crippen molar-refractivity contribution in [3.8, 4) is 0 Å². The fourth-order valence-corrected chi connectivity index (χ4v) is 5.67. The fourth-order valence-electron chi connectivity index (χ4n) is 2.59. The highest BCUT2D eigenvalue weighted by Crippen LogP contribution is 2.43. The van der Waals surface area contributed by atoms with E-state index in [9.17, 15) is 8.42 Å². The molecule has 2 fully saturated rings. The van der Waals surface area contributed by atoms with E-state index in [4.69, 9.17) is 10.5 Å². The molecule has 1 saturated heterocycles. The number of hydrogen-bond donors (Lipinski definition) is 1. The van der Waals surface area contributed by atoms with E-state index in [0.717, 1.165) is 38.8 Å². The van der Waals surface area contributed by atoms with Crippen LogP contribution in [0.25, 0.3) is 0 Å². The van der Waals surface area contributed by atoms with Crippen LogP contribution in [0.15, 0.2) is 4.90 Å². The summed E-state index contributed by atoms with van der Waals surface area (Å²) < 4.78 is 34.4. The van der Waals surface area contributed by atoms with Gasteiger partial charge in [0.2, 0.25) is 0 Å². The highest BCUT2D eigenvalue weighted by molar-refractivity contribution is 7.92. The predicted octanol–water partition coefficient (Wildman–Crippen LogP) is 1.28. The molecule has 1 aromatic rings. The maximum absolute atomic E-state index is 12.5. The van der Waals surface area contributed by atoms with E-state index in [2.05, 4.69) is 9.27 Å². The van der Waals surface area contributed by atoms with Crippen molar-refractivity contribution in [2.45, 2.75) is 41.9 Å². The third-order valence-corrected chi connectivity index (χ3v) is 7.34. The van der Waals surface area contributed by atoms with Gasteiger partial charge >= 0.3 is 0 Å². The second-order valence-corrected chi connectivity index (χ2v) is 8.29. The Morgan fingerprint density at radius 2 is 1.95 bits per heavy atom. The number of ether oxygens (including phenoxy) is 1. The molecule has 2 aliphatic rings. The number of nitrogen functional groups attached to an aromatic ring is 1. The molecule has 2 heterocycles. The zero-order valence-corrected chi connectivity index (χ0v) is 13.0. The molecule has 20 heavy (non-hydrogen) atoms. The number of aromatic nitrogens is 1. The van der Waals surface area contributed by atoms with E-state index in [1.165, 1.54) is 11.5 Å². The highest BCUT2D eigenvalue weighted by atomic mass is 32.2. The number of hydrogen-bond acceptors (Lipinski definition) is 7. The Balaban J connectivity index is 1.88. The monoisotopic (exact) mass is 317 g/mol. The van der Waals surface area contributed by atoms with Crippen LogP contribution in [0.4, 0.5) is 10.8 Å². The predicted molar refractivity (Wildman–Crippen MR) is 79.0 cm³/mol. The minimum absolute atomic E-state index is 0.158. The summed E-state index contributed by atoms with van der Waals surface area (Å²) in [5, 5.41) is 0.459. The lowest BCUT2D eigenvalue weighted by molar-refractivity contribution is 0.0819. The standard InChI is InChI=1S/C12H19N3O3S2/c1-18-8-4-6-15(7-5-8)12-10(11(13)14-19-12)20(16,17)9-2-3-9/h8-9H,2-7H2,1H3,(H2,13,14). The zero-order valence-electron chi connectivity index (χ0n) is 11.4. The molecular weight excluding hydrogens is 298 g/mol. The molecule has 1 aromatic heterocycles. The van der Waals surface area contributed by atoms with Crippen LogP contribution in [0.2, 0.25) is 0 Å². The average molecular weight is 317 g/mol. The van der Waals surface area contributed by atoms with Gasteiger partial charge in [0.25, 0.3) is 0 Å². The Morgan fingerprint density at radius 1 is 1.30 bits per heavy atom. The molecule has 0 radical (unpaired) electrons. The molecule has 112 valence electrons. The summed E-state index contributed by atoms with van der Waals surface area (Å²) in [7, 11) is -1.59. The lowest BCUT2D eigenvalue weighted by Crippen LogP contribution is -2.36. The number of piperidine rings is 1. The molecule has 8 heteroatoms. The zero-order chi connectivity index (χ0) is 14.3.